The Kier molecular flexibility index (Phi) is 6.82. The van der Waals surface area contributed by atoms with E-state index < -0.39 is 0 Å². The first-order valence-corrected chi connectivity index (χ1v) is 6.29. The summed E-state index contributed by atoms with van der Waals surface area (Å²) in [5.74, 6) is 0.248. The van der Waals surface area contributed by atoms with Crippen molar-refractivity contribution in [2.75, 3.05) is 32.7 Å². The van der Waals surface area contributed by atoms with Crippen molar-refractivity contribution >= 4 is 23.2 Å². The van der Waals surface area contributed by atoms with Crippen LogP contribution in [0.4, 0.5) is 4.39 Å². The summed E-state index contributed by atoms with van der Waals surface area (Å²) < 4.78 is 18.1. The van der Waals surface area contributed by atoms with Crippen LogP contribution < -0.4 is 0 Å². The zero-order valence-corrected chi connectivity index (χ0v) is 11.3. The van der Waals surface area contributed by atoms with E-state index in [0.29, 0.717) is 24.1 Å². The van der Waals surface area contributed by atoms with E-state index >= 15 is 0 Å². The lowest BCUT2D eigenvalue weighted by atomic mass is 10.2. The zero-order chi connectivity index (χ0) is 12.7. The topological polar surface area (TPSA) is 12.5 Å². The van der Waals surface area contributed by atoms with Crippen molar-refractivity contribution in [3.63, 3.8) is 0 Å². The normalized spacial score (nSPS) is 11.1. The van der Waals surface area contributed by atoms with Crippen molar-refractivity contribution < 1.29 is 9.13 Å². The first kappa shape index (κ1) is 14.7. The number of hydrogen-bond donors (Lipinski definition) is 0. The first-order valence-electron chi connectivity index (χ1n) is 5.38. The second kappa shape index (κ2) is 7.88. The third kappa shape index (κ3) is 5.21. The van der Waals surface area contributed by atoms with Crippen LogP contribution in [-0.4, -0.2) is 37.6 Å². The minimum atomic E-state index is -0.276. The van der Waals surface area contributed by atoms with Gasteiger partial charge in [-0.05, 0) is 23.8 Å². The summed E-state index contributed by atoms with van der Waals surface area (Å²) in [5.41, 5.74) is 0.771. The summed E-state index contributed by atoms with van der Waals surface area (Å²) >= 11 is 11.7. The van der Waals surface area contributed by atoms with Crippen LogP contribution in [0, 0.1) is 5.82 Å². The van der Waals surface area contributed by atoms with Crippen LogP contribution in [0.1, 0.15) is 5.56 Å². The van der Waals surface area contributed by atoms with E-state index in [0.717, 1.165) is 18.7 Å². The number of halogens is 3. The van der Waals surface area contributed by atoms with Crippen molar-refractivity contribution in [2.45, 2.75) is 6.54 Å². The van der Waals surface area contributed by atoms with Crippen LogP contribution in [-0.2, 0) is 11.3 Å². The summed E-state index contributed by atoms with van der Waals surface area (Å²) in [6, 6.07) is 4.38. The van der Waals surface area contributed by atoms with Gasteiger partial charge >= 0.3 is 0 Å². The quantitative estimate of drug-likeness (QED) is 0.711. The highest BCUT2D eigenvalue weighted by Crippen LogP contribution is 2.18. The van der Waals surface area contributed by atoms with Crippen molar-refractivity contribution in [1.29, 1.82) is 0 Å². The highest BCUT2D eigenvalue weighted by atomic mass is 35.5. The molecule has 1 aromatic rings. The maximum absolute atomic E-state index is 13.1. The van der Waals surface area contributed by atoms with Crippen LogP contribution in [0.5, 0.6) is 0 Å². The second-order valence-electron chi connectivity index (χ2n) is 3.69. The average molecular weight is 280 g/mol. The summed E-state index contributed by atoms with van der Waals surface area (Å²) in [6.45, 7) is 2.66. The third-order valence-electron chi connectivity index (χ3n) is 2.41. The Morgan fingerprint density at radius 3 is 2.76 bits per heavy atom. The predicted octanol–water partition coefficient (Wildman–Crippen LogP) is 3.17. The monoisotopic (exact) mass is 279 g/mol. The molecule has 0 saturated heterocycles. The Morgan fingerprint density at radius 1 is 1.35 bits per heavy atom. The molecule has 17 heavy (non-hydrogen) atoms. The van der Waals surface area contributed by atoms with Crippen LogP contribution in [0.25, 0.3) is 0 Å². The Hall–Kier alpha value is -0.350. The van der Waals surface area contributed by atoms with Crippen molar-refractivity contribution in [1.82, 2.24) is 4.90 Å². The molecule has 0 atom stereocenters. The Morgan fingerprint density at radius 2 is 2.12 bits per heavy atom. The number of methoxy groups -OCH3 is 1. The maximum atomic E-state index is 13.1. The van der Waals surface area contributed by atoms with Gasteiger partial charge in [0.2, 0.25) is 0 Å². The predicted molar refractivity (Wildman–Crippen MR) is 69.3 cm³/mol. The molecule has 1 rings (SSSR count). The molecule has 2 nitrogen and oxygen atoms in total. The highest BCUT2D eigenvalue weighted by molar-refractivity contribution is 6.31. The fourth-order valence-corrected chi connectivity index (χ4v) is 1.93. The SMILES string of the molecule is COCCN(CCCl)Cc1cc(F)ccc1Cl. The largest absolute Gasteiger partial charge is 0.383 e. The minimum Gasteiger partial charge on any atom is -0.383 e. The zero-order valence-electron chi connectivity index (χ0n) is 9.76. The number of alkyl halides is 1. The lowest BCUT2D eigenvalue weighted by Gasteiger charge is -2.21. The average Bonchev–Trinajstić information content (AvgIpc) is 2.31. The van der Waals surface area contributed by atoms with Crippen molar-refractivity contribution in [3.05, 3.63) is 34.6 Å². The molecule has 0 N–H and O–H groups in total. The molecule has 0 bridgehead atoms. The molecule has 0 heterocycles. The highest BCUT2D eigenvalue weighted by Gasteiger charge is 2.09. The maximum Gasteiger partial charge on any atom is 0.123 e. The lowest BCUT2D eigenvalue weighted by Crippen LogP contribution is -2.29. The summed E-state index contributed by atoms with van der Waals surface area (Å²) in [7, 11) is 1.65. The minimum absolute atomic E-state index is 0.276. The standard InChI is InChI=1S/C12H16Cl2FNO/c1-17-7-6-16(5-4-13)9-10-8-11(15)2-3-12(10)14/h2-3,8H,4-7,9H2,1H3. The van der Waals surface area contributed by atoms with Crippen LogP contribution >= 0.6 is 23.2 Å². The molecular weight excluding hydrogens is 264 g/mol. The third-order valence-corrected chi connectivity index (χ3v) is 2.95. The smallest absolute Gasteiger partial charge is 0.123 e. The van der Waals surface area contributed by atoms with Gasteiger partial charge < -0.3 is 4.74 Å². The number of ether oxygens (including phenoxy) is 1. The van der Waals surface area contributed by atoms with Crippen LogP contribution in [0.15, 0.2) is 18.2 Å². The molecule has 1 aromatic carbocycles. The molecular formula is C12H16Cl2FNO. The van der Waals surface area contributed by atoms with E-state index in [1.165, 1.54) is 12.1 Å². The molecule has 0 unspecified atom stereocenters. The molecule has 0 radical (unpaired) electrons. The number of hydrogen-bond acceptors (Lipinski definition) is 2. The number of nitrogens with zero attached hydrogens (tertiary/aromatic N) is 1. The van der Waals surface area contributed by atoms with Crippen LogP contribution in [0.3, 0.4) is 0 Å². The van der Waals surface area contributed by atoms with E-state index in [-0.39, 0.29) is 5.82 Å². The molecule has 0 spiro atoms. The van der Waals surface area contributed by atoms with Gasteiger partial charge in [-0.25, -0.2) is 4.39 Å². The van der Waals surface area contributed by atoms with Gasteiger partial charge in [0.1, 0.15) is 5.82 Å². The van der Waals surface area contributed by atoms with Gasteiger partial charge in [-0.15, -0.1) is 11.6 Å². The Labute approximate surface area is 111 Å². The summed E-state index contributed by atoms with van der Waals surface area (Å²) in [6.07, 6.45) is 0. The van der Waals surface area contributed by atoms with E-state index in [1.54, 1.807) is 13.2 Å². The second-order valence-corrected chi connectivity index (χ2v) is 4.48. The van der Waals surface area contributed by atoms with Gasteiger partial charge in [0.15, 0.2) is 0 Å². The fraction of sp³-hybridized carbons (Fsp3) is 0.500. The number of benzene rings is 1. The molecule has 0 aliphatic carbocycles. The van der Waals surface area contributed by atoms with Crippen molar-refractivity contribution in [2.24, 2.45) is 0 Å². The van der Waals surface area contributed by atoms with Gasteiger partial charge in [-0.2, -0.15) is 0 Å². The van der Waals surface area contributed by atoms with Gasteiger partial charge in [0.05, 0.1) is 6.61 Å². The Bertz CT molecular complexity index is 349. The van der Waals surface area contributed by atoms with Gasteiger partial charge in [-0.1, -0.05) is 11.6 Å². The summed E-state index contributed by atoms with van der Waals surface area (Å²) in [4.78, 5) is 2.08. The van der Waals surface area contributed by atoms with E-state index in [9.17, 15) is 4.39 Å². The molecule has 0 fully saturated rings. The molecule has 0 saturated carbocycles. The van der Waals surface area contributed by atoms with E-state index in [2.05, 4.69) is 4.90 Å². The van der Waals surface area contributed by atoms with Crippen molar-refractivity contribution in [3.8, 4) is 0 Å². The fourth-order valence-electron chi connectivity index (χ4n) is 1.52. The molecule has 0 aliphatic rings. The lowest BCUT2D eigenvalue weighted by molar-refractivity contribution is 0.148. The molecule has 0 amide bonds. The number of rotatable bonds is 7. The molecule has 96 valence electrons. The summed E-state index contributed by atoms with van der Waals surface area (Å²) in [5, 5.41) is 0.573. The van der Waals surface area contributed by atoms with E-state index in [1.807, 2.05) is 0 Å². The van der Waals surface area contributed by atoms with Gasteiger partial charge in [-0.3, -0.25) is 4.90 Å². The molecule has 0 aliphatic heterocycles. The molecule has 0 aromatic heterocycles. The van der Waals surface area contributed by atoms with E-state index in [4.69, 9.17) is 27.9 Å². The van der Waals surface area contributed by atoms with Gasteiger partial charge in [0, 0.05) is 37.6 Å². The first-order chi connectivity index (χ1) is 8.17. The van der Waals surface area contributed by atoms with Crippen LogP contribution in [0.2, 0.25) is 5.02 Å². The Balaban J connectivity index is 2.67. The van der Waals surface area contributed by atoms with Gasteiger partial charge in [0.25, 0.3) is 0 Å². The molecule has 5 heteroatoms.